The van der Waals surface area contributed by atoms with Crippen molar-refractivity contribution in [2.24, 2.45) is 0 Å². The molecule has 0 atom stereocenters. The number of hydrogen-bond donors (Lipinski definition) is 1. The first kappa shape index (κ1) is 15.3. The van der Waals surface area contributed by atoms with Gasteiger partial charge in [-0.1, -0.05) is 0 Å². The van der Waals surface area contributed by atoms with E-state index in [1.807, 2.05) is 33.0 Å². The number of benzene rings is 1. The molecule has 6 heteroatoms. The molecule has 0 bridgehead atoms. The number of ether oxygens (including phenoxy) is 1. The highest BCUT2D eigenvalue weighted by atomic mass is 19.1. The molecule has 2 aromatic rings. The second-order valence-corrected chi connectivity index (χ2v) is 6.20. The number of hydrogen-bond acceptors (Lipinski definition) is 4. The Balaban J connectivity index is 1.85. The third-order valence-electron chi connectivity index (χ3n) is 3.64. The highest BCUT2D eigenvalue weighted by Gasteiger charge is 2.30. The molecular formula is C17H18FN3O2. The van der Waals surface area contributed by atoms with Crippen LogP contribution >= 0.6 is 0 Å². The first-order valence-electron chi connectivity index (χ1n) is 7.32. The van der Waals surface area contributed by atoms with Gasteiger partial charge in [-0.15, -0.1) is 0 Å². The van der Waals surface area contributed by atoms with Gasteiger partial charge < -0.3 is 15.0 Å². The molecule has 0 aliphatic carbocycles. The number of aromatic nitrogens is 1. The fourth-order valence-electron chi connectivity index (χ4n) is 2.72. The van der Waals surface area contributed by atoms with Gasteiger partial charge in [0, 0.05) is 18.9 Å². The fraction of sp³-hybridized carbons (Fsp3) is 0.294. The molecule has 1 amide bonds. The number of nitrogens with one attached hydrogen (secondary N) is 1. The summed E-state index contributed by atoms with van der Waals surface area (Å²) in [6.45, 7) is 4.77. The number of rotatable bonds is 2. The summed E-state index contributed by atoms with van der Waals surface area (Å²) >= 11 is 0. The molecule has 23 heavy (non-hydrogen) atoms. The molecule has 5 nitrogen and oxygen atoms in total. The maximum Gasteiger partial charge on any atom is 0.260 e. The van der Waals surface area contributed by atoms with Gasteiger partial charge in [0.15, 0.2) is 0 Å². The topological polar surface area (TPSA) is 54.5 Å². The van der Waals surface area contributed by atoms with Crippen molar-refractivity contribution in [3.8, 4) is 5.75 Å². The van der Waals surface area contributed by atoms with Crippen molar-refractivity contribution in [1.29, 1.82) is 0 Å². The van der Waals surface area contributed by atoms with Crippen LogP contribution in [0.15, 0.2) is 36.5 Å². The average Bonchev–Trinajstić information content (AvgIpc) is 2.47. The molecule has 0 fully saturated rings. The van der Waals surface area contributed by atoms with Gasteiger partial charge in [-0.2, -0.15) is 4.39 Å². The summed E-state index contributed by atoms with van der Waals surface area (Å²) in [6, 6.07) is 8.28. The van der Waals surface area contributed by atoms with E-state index in [1.165, 1.54) is 18.3 Å². The van der Waals surface area contributed by atoms with E-state index in [4.69, 9.17) is 4.74 Å². The average molecular weight is 315 g/mol. The van der Waals surface area contributed by atoms with Crippen molar-refractivity contribution in [3.63, 3.8) is 0 Å². The van der Waals surface area contributed by atoms with Crippen LogP contribution in [0.5, 0.6) is 5.75 Å². The van der Waals surface area contributed by atoms with E-state index in [-0.39, 0.29) is 11.2 Å². The molecule has 0 spiro atoms. The Morgan fingerprint density at radius 1 is 1.39 bits per heavy atom. The Hall–Kier alpha value is -2.63. The highest BCUT2D eigenvalue weighted by Crippen LogP contribution is 2.37. The third kappa shape index (κ3) is 3.11. The molecule has 1 aliphatic heterocycles. The van der Waals surface area contributed by atoms with E-state index in [0.29, 0.717) is 5.69 Å². The lowest BCUT2D eigenvalue weighted by Crippen LogP contribution is -2.45. The molecule has 3 rings (SSSR count). The molecule has 0 saturated carbocycles. The van der Waals surface area contributed by atoms with Gasteiger partial charge in [0.1, 0.15) is 11.4 Å². The van der Waals surface area contributed by atoms with Crippen LogP contribution < -0.4 is 15.0 Å². The van der Waals surface area contributed by atoms with Crippen molar-refractivity contribution in [3.05, 3.63) is 48.0 Å². The van der Waals surface area contributed by atoms with E-state index in [9.17, 15) is 9.18 Å². The number of fused-ring (bicyclic) bond motifs is 1. The number of likely N-dealkylation sites (N-methyl/N-ethyl adjacent to an activating group) is 1. The van der Waals surface area contributed by atoms with Crippen molar-refractivity contribution in [2.75, 3.05) is 23.8 Å². The zero-order valence-electron chi connectivity index (χ0n) is 13.3. The number of carbonyl (C=O) groups excluding carboxylic acids is 1. The zero-order chi connectivity index (χ0) is 16.6. The van der Waals surface area contributed by atoms with E-state index in [1.54, 1.807) is 6.07 Å². The smallest absolute Gasteiger partial charge is 0.260 e. The molecule has 1 aromatic heterocycles. The Morgan fingerprint density at radius 3 is 2.91 bits per heavy atom. The van der Waals surface area contributed by atoms with Gasteiger partial charge in [0.2, 0.25) is 5.95 Å². The minimum absolute atomic E-state index is 0.0871. The van der Waals surface area contributed by atoms with Gasteiger partial charge in [0.25, 0.3) is 5.91 Å². The number of halogens is 1. The summed E-state index contributed by atoms with van der Waals surface area (Å²) < 4.78 is 19.5. The summed E-state index contributed by atoms with van der Waals surface area (Å²) in [7, 11) is 1.97. The summed E-state index contributed by atoms with van der Waals surface area (Å²) in [5, 5.41) is 2.69. The van der Waals surface area contributed by atoms with Crippen LogP contribution in [0.2, 0.25) is 0 Å². The number of carbonyl (C=O) groups is 1. The molecule has 120 valence electrons. The quantitative estimate of drug-likeness (QED) is 0.865. The third-order valence-corrected chi connectivity index (χ3v) is 3.64. The lowest BCUT2D eigenvalue weighted by Gasteiger charge is -2.39. The van der Waals surface area contributed by atoms with Gasteiger partial charge in [-0.3, -0.25) is 4.79 Å². The molecule has 1 aromatic carbocycles. The van der Waals surface area contributed by atoms with Gasteiger partial charge >= 0.3 is 0 Å². The molecule has 0 saturated heterocycles. The van der Waals surface area contributed by atoms with E-state index >= 15 is 0 Å². The first-order chi connectivity index (χ1) is 10.9. The predicted octanol–water partition coefficient (Wildman–Crippen LogP) is 3.08. The van der Waals surface area contributed by atoms with E-state index in [0.717, 1.165) is 18.0 Å². The standard InChI is InChI=1S/C17H18FN3O2/c1-17(2)10-21(3)13-9-11(6-7-14(13)23-17)20-16(22)12-5-4-8-19-15(12)18/h4-9H,10H2,1-3H3,(H,20,22). The van der Waals surface area contributed by atoms with Crippen molar-refractivity contribution in [1.82, 2.24) is 4.98 Å². The summed E-state index contributed by atoms with van der Waals surface area (Å²) in [4.78, 5) is 17.7. The van der Waals surface area contributed by atoms with Crippen molar-refractivity contribution in [2.45, 2.75) is 19.4 Å². The largest absolute Gasteiger partial charge is 0.484 e. The molecular weight excluding hydrogens is 297 g/mol. The number of amides is 1. The predicted molar refractivity (Wildman–Crippen MR) is 86.6 cm³/mol. The molecule has 1 aliphatic rings. The van der Waals surface area contributed by atoms with Crippen LogP contribution in [0.25, 0.3) is 0 Å². The van der Waals surface area contributed by atoms with Gasteiger partial charge in [-0.05, 0) is 44.2 Å². The fourth-order valence-corrected chi connectivity index (χ4v) is 2.72. The van der Waals surface area contributed by atoms with Crippen LogP contribution in [0.3, 0.4) is 0 Å². The second-order valence-electron chi connectivity index (χ2n) is 6.20. The lowest BCUT2D eigenvalue weighted by molar-refractivity contribution is 0.102. The normalized spacial score (nSPS) is 15.6. The van der Waals surface area contributed by atoms with Crippen LogP contribution in [-0.2, 0) is 0 Å². The first-order valence-corrected chi connectivity index (χ1v) is 7.32. The van der Waals surface area contributed by atoms with Crippen molar-refractivity contribution < 1.29 is 13.9 Å². The molecule has 0 unspecified atom stereocenters. The Bertz CT molecular complexity index is 761. The summed E-state index contributed by atoms with van der Waals surface area (Å²) in [5.41, 5.74) is 1.10. The van der Waals surface area contributed by atoms with E-state index in [2.05, 4.69) is 15.2 Å². The minimum atomic E-state index is -0.787. The maximum absolute atomic E-state index is 13.6. The molecule has 0 radical (unpaired) electrons. The number of pyridine rings is 1. The second kappa shape index (κ2) is 5.53. The Morgan fingerprint density at radius 2 is 2.17 bits per heavy atom. The molecule has 2 heterocycles. The van der Waals surface area contributed by atoms with Crippen LogP contribution in [-0.4, -0.2) is 30.1 Å². The van der Waals surface area contributed by atoms with Gasteiger partial charge in [-0.25, -0.2) is 4.98 Å². The summed E-state index contributed by atoms with van der Waals surface area (Å²) in [6.07, 6.45) is 1.30. The number of nitrogens with zero attached hydrogens (tertiary/aromatic N) is 2. The van der Waals surface area contributed by atoms with Gasteiger partial charge in [0.05, 0.1) is 17.8 Å². The SMILES string of the molecule is CN1CC(C)(C)Oc2ccc(NC(=O)c3cccnc3F)cc21. The van der Waals surface area contributed by atoms with Crippen molar-refractivity contribution >= 4 is 17.3 Å². The Labute approximate surface area is 134 Å². The van der Waals surface area contributed by atoms with E-state index < -0.39 is 11.9 Å². The lowest BCUT2D eigenvalue weighted by atomic mass is 10.1. The Kier molecular flexibility index (Phi) is 3.67. The minimum Gasteiger partial charge on any atom is -0.484 e. The van der Waals surface area contributed by atoms with Crippen LogP contribution in [0.1, 0.15) is 24.2 Å². The van der Waals surface area contributed by atoms with Crippen LogP contribution in [0.4, 0.5) is 15.8 Å². The zero-order valence-corrected chi connectivity index (χ0v) is 13.3. The number of anilines is 2. The highest BCUT2D eigenvalue weighted by molar-refractivity contribution is 6.04. The monoisotopic (exact) mass is 315 g/mol. The maximum atomic E-state index is 13.6. The molecule has 1 N–H and O–H groups in total. The summed E-state index contributed by atoms with van der Waals surface area (Å²) in [5.74, 6) is -0.560. The van der Waals surface area contributed by atoms with Crippen LogP contribution in [0, 0.1) is 5.95 Å².